The molecular formula is C14H14Br2N2OS. The van der Waals surface area contributed by atoms with E-state index in [1.807, 2.05) is 44.4 Å². The van der Waals surface area contributed by atoms with E-state index in [0.29, 0.717) is 4.88 Å². The number of carbonyl (C=O) groups excluding carboxylic acids is 1. The molecule has 6 heteroatoms. The molecule has 106 valence electrons. The first kappa shape index (κ1) is 15.7. The van der Waals surface area contributed by atoms with Crippen LogP contribution < -0.4 is 5.32 Å². The van der Waals surface area contributed by atoms with E-state index in [-0.39, 0.29) is 5.91 Å². The van der Waals surface area contributed by atoms with E-state index >= 15 is 0 Å². The first-order valence-corrected chi connectivity index (χ1v) is 8.36. The third-order valence-corrected chi connectivity index (χ3v) is 5.83. The smallest absolute Gasteiger partial charge is 0.265 e. The summed E-state index contributed by atoms with van der Waals surface area (Å²) in [7, 11) is 4.06. The van der Waals surface area contributed by atoms with Crippen molar-refractivity contribution in [1.29, 1.82) is 0 Å². The summed E-state index contributed by atoms with van der Waals surface area (Å²) in [6, 6.07) is 9.71. The number of amides is 1. The topological polar surface area (TPSA) is 32.3 Å². The molecule has 0 atom stereocenters. The van der Waals surface area contributed by atoms with Gasteiger partial charge in [0.25, 0.3) is 5.91 Å². The van der Waals surface area contributed by atoms with E-state index in [4.69, 9.17) is 0 Å². The normalized spacial score (nSPS) is 10.8. The van der Waals surface area contributed by atoms with Crippen molar-refractivity contribution in [3.63, 3.8) is 0 Å². The zero-order valence-corrected chi connectivity index (χ0v) is 15.1. The lowest BCUT2D eigenvalue weighted by atomic mass is 10.2. The third-order valence-electron chi connectivity index (χ3n) is 2.58. The Labute approximate surface area is 139 Å². The molecule has 1 aromatic heterocycles. The quantitative estimate of drug-likeness (QED) is 0.788. The first-order valence-electron chi connectivity index (χ1n) is 5.95. The molecule has 1 amide bonds. The number of benzene rings is 1. The largest absolute Gasteiger partial charge is 0.321 e. The number of nitrogens with zero attached hydrogens (tertiary/aromatic N) is 1. The van der Waals surface area contributed by atoms with Gasteiger partial charge in [-0.2, -0.15) is 0 Å². The van der Waals surface area contributed by atoms with Crippen molar-refractivity contribution in [2.45, 2.75) is 6.54 Å². The van der Waals surface area contributed by atoms with Crippen LogP contribution in [0.25, 0.3) is 0 Å². The summed E-state index contributed by atoms with van der Waals surface area (Å²) < 4.78 is 1.82. The van der Waals surface area contributed by atoms with Gasteiger partial charge in [0.15, 0.2) is 0 Å². The molecule has 1 heterocycles. The zero-order chi connectivity index (χ0) is 14.7. The zero-order valence-electron chi connectivity index (χ0n) is 11.1. The Hall–Kier alpha value is -0.690. The molecule has 0 unspecified atom stereocenters. The van der Waals surface area contributed by atoms with E-state index in [1.165, 1.54) is 16.9 Å². The van der Waals surface area contributed by atoms with Gasteiger partial charge in [-0.05, 0) is 69.7 Å². The minimum atomic E-state index is -0.0956. The van der Waals surface area contributed by atoms with E-state index in [0.717, 1.165) is 20.5 Å². The van der Waals surface area contributed by atoms with Crippen LogP contribution in [0.5, 0.6) is 0 Å². The Kier molecular flexibility index (Phi) is 5.37. The first-order chi connectivity index (χ1) is 9.45. The van der Waals surface area contributed by atoms with Crippen LogP contribution in [0.4, 0.5) is 5.69 Å². The number of carbonyl (C=O) groups is 1. The number of anilines is 1. The highest BCUT2D eigenvalue weighted by molar-refractivity contribution is 9.13. The minimum absolute atomic E-state index is 0.0956. The monoisotopic (exact) mass is 416 g/mol. The maximum Gasteiger partial charge on any atom is 0.265 e. The molecule has 3 nitrogen and oxygen atoms in total. The van der Waals surface area contributed by atoms with Gasteiger partial charge in [-0.15, -0.1) is 11.3 Å². The molecule has 0 aliphatic carbocycles. The van der Waals surface area contributed by atoms with Crippen molar-refractivity contribution in [3.8, 4) is 0 Å². The Morgan fingerprint density at radius 1 is 1.25 bits per heavy atom. The molecule has 0 aliphatic heterocycles. The molecule has 0 saturated heterocycles. The second-order valence-electron chi connectivity index (χ2n) is 4.62. The molecule has 0 fully saturated rings. The number of nitrogens with one attached hydrogen (secondary N) is 1. The lowest BCUT2D eigenvalue weighted by Crippen LogP contribution is -2.12. The lowest BCUT2D eigenvalue weighted by molar-refractivity contribution is 0.103. The van der Waals surface area contributed by atoms with E-state index in [2.05, 4.69) is 42.1 Å². The fourth-order valence-corrected chi connectivity index (χ4v) is 3.64. The summed E-state index contributed by atoms with van der Waals surface area (Å²) >= 11 is 8.17. The van der Waals surface area contributed by atoms with Gasteiger partial charge in [-0.3, -0.25) is 4.79 Å². The highest BCUT2D eigenvalue weighted by Crippen LogP contribution is 2.32. The van der Waals surface area contributed by atoms with Gasteiger partial charge >= 0.3 is 0 Å². The van der Waals surface area contributed by atoms with E-state index in [9.17, 15) is 4.79 Å². The number of halogens is 2. The fourth-order valence-electron chi connectivity index (χ4n) is 1.71. The van der Waals surface area contributed by atoms with Gasteiger partial charge in [-0.1, -0.05) is 12.1 Å². The minimum Gasteiger partial charge on any atom is -0.321 e. The fraction of sp³-hybridized carbons (Fsp3) is 0.214. The third kappa shape index (κ3) is 4.15. The van der Waals surface area contributed by atoms with E-state index in [1.54, 1.807) is 0 Å². The van der Waals surface area contributed by atoms with Gasteiger partial charge in [0.05, 0.1) is 8.66 Å². The highest BCUT2D eigenvalue weighted by Gasteiger charge is 2.12. The van der Waals surface area contributed by atoms with Crippen molar-refractivity contribution >= 4 is 54.8 Å². The summed E-state index contributed by atoms with van der Waals surface area (Å²) in [5, 5.41) is 2.90. The van der Waals surface area contributed by atoms with Crippen molar-refractivity contribution < 1.29 is 4.79 Å². The number of rotatable bonds is 4. The summed E-state index contributed by atoms with van der Waals surface area (Å²) in [6.45, 7) is 0.888. The SMILES string of the molecule is CN(C)Cc1ccc(NC(=O)c2cc(Br)c(Br)s2)cc1. The predicted molar refractivity (Wildman–Crippen MR) is 91.5 cm³/mol. The second-order valence-corrected chi connectivity index (χ2v) is 7.85. The summed E-state index contributed by atoms with van der Waals surface area (Å²) in [4.78, 5) is 14.9. The summed E-state index contributed by atoms with van der Waals surface area (Å²) in [5.41, 5.74) is 2.02. The number of hydrogen-bond donors (Lipinski definition) is 1. The molecule has 1 aromatic carbocycles. The van der Waals surface area contributed by atoms with Crippen LogP contribution in [-0.4, -0.2) is 24.9 Å². The van der Waals surface area contributed by atoms with Crippen LogP contribution in [-0.2, 0) is 6.54 Å². The van der Waals surface area contributed by atoms with Crippen molar-refractivity contribution in [2.75, 3.05) is 19.4 Å². The summed E-state index contributed by atoms with van der Waals surface area (Å²) in [5.74, 6) is -0.0956. The number of thiophene rings is 1. The van der Waals surface area contributed by atoms with Crippen LogP contribution in [0, 0.1) is 0 Å². The standard InChI is InChI=1S/C14H14Br2N2OS/c1-18(2)8-9-3-5-10(6-4-9)17-14(19)12-7-11(15)13(16)20-12/h3-7H,8H2,1-2H3,(H,17,19). The number of hydrogen-bond acceptors (Lipinski definition) is 3. The van der Waals surface area contributed by atoms with Gasteiger partial charge in [0.1, 0.15) is 0 Å². The molecule has 2 aromatic rings. The average Bonchev–Trinajstić information content (AvgIpc) is 2.71. The van der Waals surface area contributed by atoms with E-state index < -0.39 is 0 Å². The maximum atomic E-state index is 12.1. The van der Waals surface area contributed by atoms with Crippen molar-refractivity contribution in [1.82, 2.24) is 4.90 Å². The average molecular weight is 418 g/mol. The van der Waals surface area contributed by atoms with Crippen LogP contribution in [0.3, 0.4) is 0 Å². The van der Waals surface area contributed by atoms with Gasteiger partial charge in [0.2, 0.25) is 0 Å². The van der Waals surface area contributed by atoms with Gasteiger partial charge in [-0.25, -0.2) is 0 Å². The Bertz CT molecular complexity index is 589. The van der Waals surface area contributed by atoms with Crippen LogP contribution in [0.1, 0.15) is 15.2 Å². The maximum absolute atomic E-state index is 12.1. The van der Waals surface area contributed by atoms with Crippen molar-refractivity contribution in [3.05, 3.63) is 49.0 Å². The molecule has 0 spiro atoms. The van der Waals surface area contributed by atoms with Crippen LogP contribution >= 0.6 is 43.2 Å². The second kappa shape index (κ2) is 6.85. The Morgan fingerprint density at radius 2 is 1.90 bits per heavy atom. The molecule has 1 N–H and O–H groups in total. The lowest BCUT2D eigenvalue weighted by Gasteiger charge is -2.10. The molecule has 0 saturated carbocycles. The highest BCUT2D eigenvalue weighted by atomic mass is 79.9. The molecule has 0 aliphatic rings. The van der Waals surface area contributed by atoms with Crippen molar-refractivity contribution in [2.24, 2.45) is 0 Å². The molecule has 2 rings (SSSR count). The molecule has 0 radical (unpaired) electrons. The van der Waals surface area contributed by atoms with Gasteiger partial charge < -0.3 is 10.2 Å². The molecule has 0 bridgehead atoms. The van der Waals surface area contributed by atoms with Crippen LogP contribution in [0.15, 0.2) is 38.6 Å². The summed E-state index contributed by atoms with van der Waals surface area (Å²) in [6.07, 6.45) is 0. The Balaban J connectivity index is 2.04. The molecule has 20 heavy (non-hydrogen) atoms. The molecular weight excluding hydrogens is 404 g/mol. The predicted octanol–water partition coefficient (Wildman–Crippen LogP) is 4.59. The van der Waals surface area contributed by atoms with Crippen LogP contribution in [0.2, 0.25) is 0 Å². The van der Waals surface area contributed by atoms with Gasteiger partial charge in [0, 0.05) is 16.7 Å². The Morgan fingerprint density at radius 3 is 2.40 bits per heavy atom.